The van der Waals surface area contributed by atoms with Crippen molar-refractivity contribution in [3.05, 3.63) is 18.2 Å². The molecule has 1 aliphatic heterocycles. The van der Waals surface area contributed by atoms with E-state index in [1.54, 1.807) is 13.8 Å². The SMILES string of the molecule is CC(C)C[C@H](NC(=O)[C@@H]1CCCN1C(=O)CCOC(C)(C)COC(C)(C)C)C(=O)N[C@@H](Cc1cncn1CCC(=O)O)C(=O)N[C@@H](CO)C(=O)N[C@H](C(N)=O)[C@@H](C)OP(=O)(O)O. The Morgan fingerprint density at radius 1 is 0.919 bits per heavy atom. The number of carbonyl (C=O) groups is 7. The molecule has 24 heteroatoms. The van der Waals surface area contributed by atoms with E-state index in [1.807, 2.05) is 34.6 Å². The first-order valence-corrected chi connectivity index (χ1v) is 21.8. The van der Waals surface area contributed by atoms with Crippen LogP contribution in [0.1, 0.15) is 93.2 Å². The summed E-state index contributed by atoms with van der Waals surface area (Å²) in [6.45, 7) is 13.6. The molecule has 23 nitrogen and oxygen atoms in total. The lowest BCUT2D eigenvalue weighted by Gasteiger charge is -2.31. The molecule has 2 rings (SSSR count). The topological polar surface area (TPSA) is 340 Å². The number of nitrogens with zero attached hydrogens (tertiary/aromatic N) is 3. The molecule has 0 aliphatic carbocycles. The van der Waals surface area contributed by atoms with E-state index < -0.39 is 91.8 Å². The van der Waals surface area contributed by atoms with Crippen molar-refractivity contribution in [3.63, 3.8) is 0 Å². The third-order valence-corrected chi connectivity index (χ3v) is 10.1. The van der Waals surface area contributed by atoms with Gasteiger partial charge in [0.1, 0.15) is 30.2 Å². The number of aromatic nitrogens is 2. The molecule has 1 aromatic heterocycles. The molecule has 0 unspecified atom stereocenters. The number of phosphoric acid groups is 1. The number of carboxylic acid groups (broad SMARTS) is 1. The van der Waals surface area contributed by atoms with Crippen LogP contribution < -0.4 is 27.0 Å². The van der Waals surface area contributed by atoms with E-state index in [0.717, 1.165) is 6.92 Å². The Balaban J connectivity index is 2.31. The van der Waals surface area contributed by atoms with Crippen LogP contribution in [0.15, 0.2) is 12.5 Å². The van der Waals surface area contributed by atoms with Gasteiger partial charge in [-0.3, -0.25) is 38.1 Å². The number of imidazole rings is 1. The van der Waals surface area contributed by atoms with Crippen molar-refractivity contribution in [2.75, 3.05) is 26.4 Å². The number of nitrogens with one attached hydrogen (secondary N) is 4. The molecular formula is C38H65N8O15P. The highest BCUT2D eigenvalue weighted by atomic mass is 31.2. The first kappa shape index (κ1) is 53.6. The lowest BCUT2D eigenvalue weighted by molar-refractivity contribution is -0.143. The van der Waals surface area contributed by atoms with Gasteiger partial charge in [0.15, 0.2) is 0 Å². The van der Waals surface area contributed by atoms with Gasteiger partial charge in [-0.05, 0) is 66.7 Å². The largest absolute Gasteiger partial charge is 0.481 e. The number of aliphatic hydroxyl groups excluding tert-OH is 1. The average molecular weight is 905 g/mol. The Morgan fingerprint density at radius 2 is 1.53 bits per heavy atom. The first-order chi connectivity index (χ1) is 28.6. The number of aliphatic hydroxyl groups is 1. The monoisotopic (exact) mass is 904 g/mol. The zero-order valence-electron chi connectivity index (χ0n) is 36.6. The highest BCUT2D eigenvalue weighted by Gasteiger charge is 2.38. The van der Waals surface area contributed by atoms with Crippen molar-refractivity contribution in [1.82, 2.24) is 35.7 Å². The number of aliphatic carboxylic acids is 1. The van der Waals surface area contributed by atoms with E-state index in [-0.39, 0.29) is 62.0 Å². The van der Waals surface area contributed by atoms with Crippen LogP contribution in [0.5, 0.6) is 0 Å². The van der Waals surface area contributed by atoms with Gasteiger partial charge in [0, 0.05) is 31.4 Å². The highest BCUT2D eigenvalue weighted by Crippen LogP contribution is 2.38. The zero-order valence-corrected chi connectivity index (χ0v) is 37.5. The summed E-state index contributed by atoms with van der Waals surface area (Å²) in [6, 6.07) is -7.32. The minimum Gasteiger partial charge on any atom is -0.481 e. The number of likely N-dealkylation sites (tertiary alicyclic amines) is 1. The van der Waals surface area contributed by atoms with Crippen LogP contribution >= 0.6 is 7.82 Å². The fourth-order valence-corrected chi connectivity index (χ4v) is 6.90. The summed E-state index contributed by atoms with van der Waals surface area (Å²) >= 11 is 0. The molecule has 6 atom stereocenters. The molecule has 1 fully saturated rings. The Hall–Kier alpha value is -4.51. The Morgan fingerprint density at radius 3 is 2.10 bits per heavy atom. The number of phosphoric ester groups is 1. The fourth-order valence-electron chi connectivity index (χ4n) is 6.34. The maximum atomic E-state index is 14.1. The minimum atomic E-state index is -5.15. The summed E-state index contributed by atoms with van der Waals surface area (Å²) in [5, 5.41) is 29.0. The van der Waals surface area contributed by atoms with Gasteiger partial charge < -0.3 is 65.9 Å². The van der Waals surface area contributed by atoms with Crippen LogP contribution in [0.3, 0.4) is 0 Å². The van der Waals surface area contributed by atoms with Crippen molar-refractivity contribution < 1.29 is 72.1 Å². The second kappa shape index (κ2) is 23.8. The lowest BCUT2D eigenvalue weighted by atomic mass is 10.0. The van der Waals surface area contributed by atoms with Gasteiger partial charge in [0.25, 0.3) is 0 Å². The summed E-state index contributed by atoms with van der Waals surface area (Å²) in [4.78, 5) is 115. The normalized spacial score (nSPS) is 17.1. The van der Waals surface area contributed by atoms with Crippen LogP contribution in [-0.4, -0.2) is 150 Å². The smallest absolute Gasteiger partial charge is 0.469 e. The van der Waals surface area contributed by atoms with Crippen molar-refractivity contribution in [2.45, 2.75) is 148 Å². The number of hydrogen-bond acceptors (Lipinski definition) is 13. The maximum Gasteiger partial charge on any atom is 0.469 e. The van der Waals surface area contributed by atoms with E-state index in [9.17, 15) is 48.3 Å². The molecule has 2 heterocycles. The van der Waals surface area contributed by atoms with Crippen molar-refractivity contribution in [2.24, 2.45) is 11.7 Å². The van der Waals surface area contributed by atoms with Gasteiger partial charge in [-0.2, -0.15) is 0 Å². The fraction of sp³-hybridized carbons (Fsp3) is 0.737. The molecule has 6 amide bonds. The number of primary amides is 1. The molecule has 0 saturated carbocycles. The van der Waals surface area contributed by atoms with Gasteiger partial charge in [-0.15, -0.1) is 0 Å². The molecule has 0 spiro atoms. The highest BCUT2D eigenvalue weighted by molar-refractivity contribution is 7.46. The molecule has 62 heavy (non-hydrogen) atoms. The van der Waals surface area contributed by atoms with E-state index >= 15 is 0 Å². The Kier molecular flexibility index (Phi) is 20.6. The first-order valence-electron chi connectivity index (χ1n) is 20.3. The van der Waals surface area contributed by atoms with Gasteiger partial charge in [0.05, 0.1) is 56.3 Å². The number of carboxylic acids is 1. The zero-order chi connectivity index (χ0) is 47.2. The molecule has 1 saturated heterocycles. The van der Waals surface area contributed by atoms with E-state index in [1.165, 1.54) is 22.0 Å². The van der Waals surface area contributed by atoms with Gasteiger partial charge in [0.2, 0.25) is 35.4 Å². The molecule has 10 N–H and O–H groups in total. The van der Waals surface area contributed by atoms with Gasteiger partial charge in [-0.25, -0.2) is 9.55 Å². The third-order valence-electron chi connectivity index (χ3n) is 9.48. The lowest BCUT2D eigenvalue weighted by Crippen LogP contribution is -2.61. The maximum absolute atomic E-state index is 14.1. The average Bonchev–Trinajstić information content (AvgIpc) is 3.82. The number of hydrogen-bond donors (Lipinski definition) is 9. The molecule has 0 radical (unpaired) electrons. The molecule has 0 bridgehead atoms. The summed E-state index contributed by atoms with van der Waals surface area (Å²) in [5.74, 6) is -6.55. The number of nitrogens with two attached hydrogens (primary N) is 1. The number of carbonyl (C=O) groups excluding carboxylic acids is 6. The Labute approximate surface area is 360 Å². The number of aryl methyl sites for hydroxylation is 1. The molecule has 352 valence electrons. The summed E-state index contributed by atoms with van der Waals surface area (Å²) in [6.07, 6.45) is 1.29. The molecule has 1 aliphatic rings. The summed E-state index contributed by atoms with van der Waals surface area (Å²) in [5.41, 5.74) is 4.54. The number of amides is 6. The predicted octanol–water partition coefficient (Wildman–Crippen LogP) is -1.15. The van der Waals surface area contributed by atoms with Crippen molar-refractivity contribution >= 4 is 49.2 Å². The van der Waals surface area contributed by atoms with Crippen LogP contribution in [0.4, 0.5) is 0 Å². The van der Waals surface area contributed by atoms with Gasteiger partial charge in [-0.1, -0.05) is 13.8 Å². The van der Waals surface area contributed by atoms with E-state index in [4.69, 9.17) is 25.0 Å². The van der Waals surface area contributed by atoms with Gasteiger partial charge >= 0.3 is 13.8 Å². The third kappa shape index (κ3) is 18.9. The summed E-state index contributed by atoms with van der Waals surface area (Å²) in [7, 11) is -5.15. The number of rotatable bonds is 26. The van der Waals surface area contributed by atoms with Crippen LogP contribution in [0.25, 0.3) is 0 Å². The minimum absolute atomic E-state index is 0.00524. The van der Waals surface area contributed by atoms with E-state index in [2.05, 4.69) is 30.8 Å². The summed E-state index contributed by atoms with van der Waals surface area (Å²) < 4.78 is 29.0. The Bertz CT molecular complexity index is 1760. The van der Waals surface area contributed by atoms with Crippen LogP contribution in [0.2, 0.25) is 0 Å². The quantitative estimate of drug-likeness (QED) is 0.0496. The van der Waals surface area contributed by atoms with Crippen molar-refractivity contribution in [3.8, 4) is 0 Å². The molecule has 0 aromatic carbocycles. The van der Waals surface area contributed by atoms with Crippen LogP contribution in [-0.2, 0) is 65.1 Å². The molecule has 1 aromatic rings. The predicted molar refractivity (Wildman–Crippen MR) is 219 cm³/mol. The second-order valence-corrected chi connectivity index (χ2v) is 18.3. The van der Waals surface area contributed by atoms with Crippen molar-refractivity contribution in [1.29, 1.82) is 0 Å². The van der Waals surface area contributed by atoms with E-state index in [0.29, 0.717) is 26.0 Å². The molecular weight excluding hydrogens is 839 g/mol. The second-order valence-electron chi connectivity index (χ2n) is 17.1. The standard InChI is InChI=1S/C38H65N8O15P/c1-22(2)16-25(42-36(55)28-10-9-13-46(28)29(48)12-15-59-38(7,8)20-60-37(4,5)6)33(52)41-26(17-24-18-40-21-45(24)14-11-30(49)50)34(53)43-27(19-47)35(54)44-31(32(39)51)23(3)61-62(56,57)58/h18,21-23,25-28,31,47H,9-17,19-20H2,1-8H3,(H2,39,51)(H,41,52)(H,42,55)(H,43,53)(H,44,54)(H,49,50)(H2,56,57,58)/t23-,25+,26+,27+,28+,31+/m1/s1. The number of ether oxygens (including phenoxy) is 2. The van der Waals surface area contributed by atoms with Crippen LogP contribution in [0, 0.1) is 5.92 Å².